The van der Waals surface area contributed by atoms with Gasteiger partial charge in [-0.15, -0.1) is 22.7 Å². The number of fused-ring (bicyclic) bond motifs is 1. The minimum Gasteiger partial charge on any atom is -0.508 e. The van der Waals surface area contributed by atoms with E-state index in [9.17, 15) is 23.9 Å². The lowest BCUT2D eigenvalue weighted by Crippen LogP contribution is -2.58. The minimum absolute atomic E-state index is 0.0785. The van der Waals surface area contributed by atoms with Crippen LogP contribution in [0.4, 0.5) is 4.39 Å². The Morgan fingerprint density at radius 2 is 1.55 bits per heavy atom. The summed E-state index contributed by atoms with van der Waals surface area (Å²) in [5.74, 6) is 0.979. The molecular weight excluding hydrogens is 936 g/mol. The van der Waals surface area contributed by atoms with Gasteiger partial charge in [0.2, 0.25) is 17.7 Å². The molecule has 4 heterocycles. The third-order valence-corrected chi connectivity index (χ3v) is 14.8. The van der Waals surface area contributed by atoms with Crippen molar-refractivity contribution in [2.45, 2.75) is 78.6 Å². The zero-order valence-corrected chi connectivity index (χ0v) is 41.8. The number of likely N-dealkylation sites (tertiary alicyclic amines) is 1. The van der Waals surface area contributed by atoms with Gasteiger partial charge in [-0.2, -0.15) is 5.10 Å². The van der Waals surface area contributed by atoms with Crippen LogP contribution in [0, 0.1) is 18.2 Å². The van der Waals surface area contributed by atoms with Gasteiger partial charge in [-0.1, -0.05) is 81.4 Å². The van der Waals surface area contributed by atoms with Crippen molar-refractivity contribution in [3.05, 3.63) is 156 Å². The van der Waals surface area contributed by atoms with Crippen LogP contribution in [-0.4, -0.2) is 67.7 Å². The van der Waals surface area contributed by atoms with Gasteiger partial charge in [-0.25, -0.2) is 9.37 Å². The van der Waals surface area contributed by atoms with Crippen molar-refractivity contribution in [3.8, 4) is 55.1 Å². The summed E-state index contributed by atoms with van der Waals surface area (Å²) in [5, 5.41) is 21.8. The normalized spacial score (nSPS) is 14.6. The highest BCUT2D eigenvalue weighted by Crippen LogP contribution is 2.47. The van der Waals surface area contributed by atoms with Crippen LogP contribution in [0.5, 0.6) is 23.0 Å². The first-order valence-electron chi connectivity index (χ1n) is 23.6. The molecule has 3 amide bonds. The van der Waals surface area contributed by atoms with Gasteiger partial charge < -0.3 is 30.1 Å². The van der Waals surface area contributed by atoms with Crippen LogP contribution < -0.4 is 20.1 Å². The number of halogens is 1. The summed E-state index contributed by atoms with van der Waals surface area (Å²) in [6, 6.07) is 34.7. The van der Waals surface area contributed by atoms with E-state index in [4.69, 9.17) is 14.6 Å². The molecule has 9 rings (SSSR count). The Hall–Kier alpha value is -7.36. The van der Waals surface area contributed by atoms with Crippen LogP contribution in [0.3, 0.4) is 0 Å². The van der Waals surface area contributed by atoms with Gasteiger partial charge in [-0.05, 0) is 115 Å². The average Bonchev–Trinajstić information content (AvgIpc) is 4.19. The highest BCUT2D eigenvalue weighted by Gasteiger charge is 2.42. The van der Waals surface area contributed by atoms with Crippen molar-refractivity contribution in [2.24, 2.45) is 5.41 Å². The van der Waals surface area contributed by atoms with E-state index in [1.807, 2.05) is 136 Å². The summed E-state index contributed by atoms with van der Waals surface area (Å²) in [6.45, 7) is 11.0. The fourth-order valence-electron chi connectivity index (χ4n) is 8.78. The molecule has 0 radical (unpaired) electrons. The number of phenolic OH excluding ortho intramolecular Hbond substituents is 1. The van der Waals surface area contributed by atoms with E-state index in [0.29, 0.717) is 49.8 Å². The lowest BCUT2D eigenvalue weighted by Gasteiger charge is -2.35. The Morgan fingerprint density at radius 3 is 2.25 bits per heavy atom. The number of thiophene rings is 1. The van der Waals surface area contributed by atoms with Crippen LogP contribution >= 0.6 is 22.7 Å². The highest BCUT2D eigenvalue weighted by molar-refractivity contribution is 7.22. The third kappa shape index (κ3) is 11.3. The second kappa shape index (κ2) is 20.9. The van der Waals surface area contributed by atoms with Crippen molar-refractivity contribution < 1.29 is 33.4 Å². The number of carbonyl (C=O) groups is 3. The lowest BCUT2D eigenvalue weighted by molar-refractivity contribution is -0.144. The van der Waals surface area contributed by atoms with Crippen molar-refractivity contribution in [2.75, 3.05) is 13.2 Å². The molecule has 8 aromatic rings. The van der Waals surface area contributed by atoms with E-state index in [-0.39, 0.29) is 41.8 Å². The number of aryl methyl sites for hydroxylation is 1. The van der Waals surface area contributed by atoms with Gasteiger partial charge in [-0.3, -0.25) is 19.1 Å². The smallest absolute Gasteiger partial charge is 0.246 e. The van der Waals surface area contributed by atoms with E-state index in [2.05, 4.69) is 15.6 Å². The molecule has 1 aliphatic rings. The number of carbonyl (C=O) groups excluding carboxylic acids is 3. The molecular formula is C56H55FN6O6S2. The minimum atomic E-state index is -0.831. The fourth-order valence-corrected chi connectivity index (χ4v) is 10.8. The zero-order chi connectivity index (χ0) is 49.8. The molecule has 5 aromatic carbocycles. The largest absolute Gasteiger partial charge is 0.508 e. The zero-order valence-electron chi connectivity index (χ0n) is 40.1. The highest BCUT2D eigenvalue weighted by atomic mass is 32.1. The number of nitrogens with one attached hydrogen (secondary N) is 2. The molecule has 15 heteroatoms. The first-order chi connectivity index (χ1) is 34.2. The maximum atomic E-state index is 14.2. The Bertz CT molecular complexity index is 3160. The number of rotatable bonds is 16. The van der Waals surface area contributed by atoms with Crippen molar-refractivity contribution in [3.63, 3.8) is 0 Å². The topological polar surface area (TPSA) is 148 Å². The Morgan fingerprint density at radius 1 is 0.859 bits per heavy atom. The average molecular weight is 991 g/mol. The number of benzene rings is 5. The van der Waals surface area contributed by atoms with Crippen molar-refractivity contribution in [1.29, 1.82) is 0 Å². The van der Waals surface area contributed by atoms with Gasteiger partial charge in [0, 0.05) is 28.4 Å². The summed E-state index contributed by atoms with van der Waals surface area (Å²) in [4.78, 5) is 49.4. The summed E-state index contributed by atoms with van der Waals surface area (Å²) in [6.07, 6.45) is 3.22. The number of ether oxygens (including phenoxy) is 2. The molecule has 3 aromatic heterocycles. The van der Waals surface area contributed by atoms with Crippen molar-refractivity contribution in [1.82, 2.24) is 30.3 Å². The molecule has 1 aliphatic heterocycles. The molecule has 12 nitrogen and oxygen atoms in total. The molecule has 1 fully saturated rings. The summed E-state index contributed by atoms with van der Waals surface area (Å²) in [5.41, 5.74) is 7.52. The third-order valence-electron chi connectivity index (χ3n) is 12.7. The van der Waals surface area contributed by atoms with E-state index in [1.54, 1.807) is 40.5 Å². The molecule has 0 bridgehead atoms. The van der Waals surface area contributed by atoms with Gasteiger partial charge in [0.15, 0.2) is 5.75 Å². The molecule has 1 unspecified atom stereocenters. The molecule has 3 atom stereocenters. The second-order valence-corrected chi connectivity index (χ2v) is 20.8. The molecule has 71 heavy (non-hydrogen) atoms. The van der Waals surface area contributed by atoms with Gasteiger partial charge >= 0.3 is 0 Å². The van der Waals surface area contributed by atoms with Crippen molar-refractivity contribution >= 4 is 50.5 Å². The Kier molecular flexibility index (Phi) is 14.3. The number of phenols is 1. The van der Waals surface area contributed by atoms with E-state index in [1.165, 1.54) is 23.5 Å². The first kappa shape index (κ1) is 48.7. The lowest BCUT2D eigenvalue weighted by atomic mass is 9.85. The van der Waals surface area contributed by atoms with E-state index < -0.39 is 17.5 Å². The van der Waals surface area contributed by atoms with Crippen LogP contribution in [-0.2, 0) is 27.3 Å². The van der Waals surface area contributed by atoms with Gasteiger partial charge in [0.25, 0.3) is 0 Å². The molecule has 0 aliphatic carbocycles. The van der Waals surface area contributed by atoms with Crippen LogP contribution in [0.2, 0.25) is 0 Å². The summed E-state index contributed by atoms with van der Waals surface area (Å²) in [7, 11) is 0. The van der Waals surface area contributed by atoms with Gasteiger partial charge in [0.1, 0.15) is 41.8 Å². The Labute approximate surface area is 420 Å². The SMILES string of the molecule is Cc1ncsc1-c1ccc([C@H](C)NC(=O)[C@@H]2CCCN2C(=O)C(NC(=O)Cc2ccc(-c3ccn(CCOc4ccc(Oc5c(-c6ccc(F)cc6)sc6cc(O)ccc56)cc4)n3)cc2)C(C)(C)C)cc1. The summed E-state index contributed by atoms with van der Waals surface area (Å²) >= 11 is 3.06. The standard InChI is InChI=1S/C56H55FN6O6S2/c1-34(37-12-14-39(15-13-37)51-35(2)58-33-70-51)59-54(66)47-7-6-27-63(47)55(67)53(56(3,4)5)60-49(65)31-36-8-10-38(11-9-36)46-26-28-62(61-46)29-30-68-43-21-23-44(24-22-43)69-50-45-25-20-42(64)32-48(45)71-52(50)40-16-18-41(57)19-17-40/h8-26,28,32-34,47,53,64H,6-7,27,29-31H2,1-5H3,(H,59,66)(H,60,65)/t34-,47-,53?/m0/s1. The number of hydrogen-bond acceptors (Lipinski definition) is 10. The molecule has 1 saturated heterocycles. The molecule has 0 saturated carbocycles. The molecule has 3 N–H and O–H groups in total. The van der Waals surface area contributed by atoms with Crippen LogP contribution in [0.1, 0.15) is 63.4 Å². The Balaban J connectivity index is 0.755. The summed E-state index contributed by atoms with van der Waals surface area (Å²) < 4.78 is 28.8. The number of aromatic nitrogens is 3. The molecule has 0 spiro atoms. The predicted molar refractivity (Wildman–Crippen MR) is 277 cm³/mol. The predicted octanol–water partition coefficient (Wildman–Crippen LogP) is 11.5. The maximum absolute atomic E-state index is 14.2. The number of hydrogen-bond donors (Lipinski definition) is 3. The molecule has 364 valence electrons. The van der Waals surface area contributed by atoms with E-state index in [0.717, 1.165) is 59.0 Å². The second-order valence-electron chi connectivity index (χ2n) is 18.9. The van der Waals surface area contributed by atoms with Crippen LogP contribution in [0.15, 0.2) is 133 Å². The quantitative estimate of drug-likeness (QED) is 0.0867. The first-order valence-corrected chi connectivity index (χ1v) is 25.3. The van der Waals surface area contributed by atoms with Gasteiger partial charge in [0.05, 0.1) is 45.7 Å². The number of aromatic hydroxyl groups is 1. The monoisotopic (exact) mass is 990 g/mol. The number of amides is 3. The maximum Gasteiger partial charge on any atom is 0.246 e. The number of thiazole rings is 1. The van der Waals surface area contributed by atoms with E-state index >= 15 is 0 Å². The van der Waals surface area contributed by atoms with Crippen LogP contribution in [0.25, 0.3) is 42.2 Å². The fraction of sp³-hybridized carbons (Fsp3) is 0.268. The number of nitrogens with zero attached hydrogens (tertiary/aromatic N) is 4.